The molecule has 4 nitrogen and oxygen atoms in total. The standard InChI is InChI=1S/C15H19N3O/c1-5-18-12(4)9-14(17-18)15(19)16-13-7-6-10(2)8-11(13)3/h6-9H,5H2,1-4H3,(H,16,19). The predicted octanol–water partition coefficient (Wildman–Crippen LogP) is 3.08. The van der Waals surface area contributed by atoms with Gasteiger partial charge in [0, 0.05) is 17.9 Å². The van der Waals surface area contributed by atoms with E-state index in [0.717, 1.165) is 23.5 Å². The van der Waals surface area contributed by atoms with Crippen molar-refractivity contribution >= 4 is 11.6 Å². The van der Waals surface area contributed by atoms with Gasteiger partial charge in [0.25, 0.3) is 5.91 Å². The van der Waals surface area contributed by atoms with Crippen molar-refractivity contribution in [2.75, 3.05) is 5.32 Å². The molecule has 0 unspecified atom stereocenters. The first-order chi connectivity index (χ1) is 9.01. The molecule has 19 heavy (non-hydrogen) atoms. The lowest BCUT2D eigenvalue weighted by molar-refractivity contribution is 0.102. The van der Waals surface area contributed by atoms with Crippen molar-refractivity contribution in [1.82, 2.24) is 9.78 Å². The quantitative estimate of drug-likeness (QED) is 0.918. The van der Waals surface area contributed by atoms with Gasteiger partial charge in [-0.05, 0) is 45.4 Å². The predicted molar refractivity (Wildman–Crippen MR) is 76.5 cm³/mol. The van der Waals surface area contributed by atoms with Gasteiger partial charge >= 0.3 is 0 Å². The summed E-state index contributed by atoms with van der Waals surface area (Å²) in [5.41, 5.74) is 4.52. The van der Waals surface area contributed by atoms with Crippen LogP contribution in [0.25, 0.3) is 0 Å². The molecule has 1 aromatic heterocycles. The molecule has 1 amide bonds. The lowest BCUT2D eigenvalue weighted by atomic mass is 10.1. The molecule has 0 aliphatic carbocycles. The number of hydrogen-bond acceptors (Lipinski definition) is 2. The fourth-order valence-electron chi connectivity index (χ4n) is 2.08. The van der Waals surface area contributed by atoms with Crippen LogP contribution in [0.3, 0.4) is 0 Å². The highest BCUT2D eigenvalue weighted by Gasteiger charge is 2.12. The molecule has 0 saturated carbocycles. The Balaban J connectivity index is 2.20. The SMILES string of the molecule is CCn1nc(C(=O)Nc2ccc(C)cc2C)cc1C. The summed E-state index contributed by atoms with van der Waals surface area (Å²) in [4.78, 5) is 12.1. The third-order valence-electron chi connectivity index (χ3n) is 3.14. The molecule has 4 heteroatoms. The molecule has 0 saturated heterocycles. The number of aryl methyl sites for hydroxylation is 4. The number of rotatable bonds is 3. The van der Waals surface area contributed by atoms with Crippen LogP contribution in [0.1, 0.15) is 34.2 Å². The number of amides is 1. The Morgan fingerprint density at radius 1 is 1.26 bits per heavy atom. The number of carbonyl (C=O) groups excluding carboxylic acids is 1. The van der Waals surface area contributed by atoms with Gasteiger partial charge in [0.1, 0.15) is 0 Å². The first kappa shape index (κ1) is 13.3. The van der Waals surface area contributed by atoms with E-state index in [9.17, 15) is 4.79 Å². The van der Waals surface area contributed by atoms with Crippen LogP contribution >= 0.6 is 0 Å². The Hall–Kier alpha value is -2.10. The first-order valence-electron chi connectivity index (χ1n) is 6.44. The number of aromatic nitrogens is 2. The maximum Gasteiger partial charge on any atom is 0.276 e. The third-order valence-corrected chi connectivity index (χ3v) is 3.14. The van der Waals surface area contributed by atoms with Crippen LogP contribution < -0.4 is 5.32 Å². The molecule has 0 aliphatic heterocycles. The number of carbonyl (C=O) groups is 1. The van der Waals surface area contributed by atoms with Crippen LogP contribution in [-0.2, 0) is 6.54 Å². The van der Waals surface area contributed by atoms with Crippen molar-refractivity contribution in [3.8, 4) is 0 Å². The van der Waals surface area contributed by atoms with E-state index in [1.54, 1.807) is 0 Å². The molecule has 1 heterocycles. The highest BCUT2D eigenvalue weighted by Crippen LogP contribution is 2.17. The van der Waals surface area contributed by atoms with Gasteiger partial charge in [-0.25, -0.2) is 0 Å². The van der Waals surface area contributed by atoms with Crippen LogP contribution in [0, 0.1) is 20.8 Å². The Kier molecular flexibility index (Phi) is 3.69. The van der Waals surface area contributed by atoms with Gasteiger partial charge < -0.3 is 5.32 Å². The fraction of sp³-hybridized carbons (Fsp3) is 0.333. The zero-order valence-corrected chi connectivity index (χ0v) is 11.8. The molecular formula is C15H19N3O. The van der Waals surface area contributed by atoms with Gasteiger partial charge in [0.15, 0.2) is 5.69 Å². The molecule has 2 aromatic rings. The number of nitrogens with one attached hydrogen (secondary N) is 1. The molecular weight excluding hydrogens is 238 g/mol. The summed E-state index contributed by atoms with van der Waals surface area (Å²) < 4.78 is 1.82. The van der Waals surface area contributed by atoms with Crippen molar-refractivity contribution in [2.24, 2.45) is 0 Å². The van der Waals surface area contributed by atoms with E-state index in [2.05, 4.69) is 10.4 Å². The van der Waals surface area contributed by atoms with E-state index < -0.39 is 0 Å². The maximum atomic E-state index is 12.1. The van der Waals surface area contributed by atoms with E-state index in [-0.39, 0.29) is 5.91 Å². The molecule has 0 spiro atoms. The number of hydrogen-bond donors (Lipinski definition) is 1. The summed E-state index contributed by atoms with van der Waals surface area (Å²) in [6.07, 6.45) is 0. The molecule has 100 valence electrons. The van der Waals surface area contributed by atoms with Crippen molar-refractivity contribution in [3.05, 3.63) is 46.8 Å². The van der Waals surface area contributed by atoms with Crippen molar-refractivity contribution < 1.29 is 4.79 Å². The minimum Gasteiger partial charge on any atom is -0.320 e. The van der Waals surface area contributed by atoms with Crippen LogP contribution in [-0.4, -0.2) is 15.7 Å². The maximum absolute atomic E-state index is 12.1. The second-order valence-corrected chi connectivity index (χ2v) is 4.76. The zero-order valence-electron chi connectivity index (χ0n) is 11.8. The van der Waals surface area contributed by atoms with Crippen LogP contribution in [0.4, 0.5) is 5.69 Å². The number of anilines is 1. The average molecular weight is 257 g/mol. The van der Waals surface area contributed by atoms with Gasteiger partial charge in [-0.15, -0.1) is 0 Å². The highest BCUT2D eigenvalue weighted by atomic mass is 16.1. The summed E-state index contributed by atoms with van der Waals surface area (Å²) in [7, 11) is 0. The minimum atomic E-state index is -0.165. The Morgan fingerprint density at radius 3 is 2.58 bits per heavy atom. The van der Waals surface area contributed by atoms with E-state index in [0.29, 0.717) is 5.69 Å². The third kappa shape index (κ3) is 2.84. The number of nitrogens with zero attached hydrogens (tertiary/aromatic N) is 2. The zero-order chi connectivity index (χ0) is 14.0. The topological polar surface area (TPSA) is 46.9 Å². The smallest absolute Gasteiger partial charge is 0.276 e. The molecule has 1 N–H and O–H groups in total. The Morgan fingerprint density at radius 2 is 2.00 bits per heavy atom. The average Bonchev–Trinajstić information content (AvgIpc) is 2.74. The molecule has 0 radical (unpaired) electrons. The van der Waals surface area contributed by atoms with Gasteiger partial charge in [-0.3, -0.25) is 9.48 Å². The largest absolute Gasteiger partial charge is 0.320 e. The Labute approximate surface area is 113 Å². The molecule has 2 rings (SSSR count). The fourth-order valence-corrected chi connectivity index (χ4v) is 2.08. The molecule has 0 fully saturated rings. The first-order valence-corrected chi connectivity index (χ1v) is 6.44. The summed E-state index contributed by atoms with van der Waals surface area (Å²) >= 11 is 0. The van der Waals surface area contributed by atoms with Crippen molar-refractivity contribution in [2.45, 2.75) is 34.2 Å². The molecule has 0 aliphatic rings. The molecule has 0 bridgehead atoms. The van der Waals surface area contributed by atoms with Crippen molar-refractivity contribution in [1.29, 1.82) is 0 Å². The normalized spacial score (nSPS) is 10.5. The van der Waals surface area contributed by atoms with Crippen molar-refractivity contribution in [3.63, 3.8) is 0 Å². The summed E-state index contributed by atoms with van der Waals surface area (Å²) in [6, 6.07) is 7.76. The highest BCUT2D eigenvalue weighted by molar-refractivity contribution is 6.03. The summed E-state index contributed by atoms with van der Waals surface area (Å²) in [6.45, 7) is 8.74. The number of benzene rings is 1. The second-order valence-electron chi connectivity index (χ2n) is 4.76. The van der Waals surface area contributed by atoms with Gasteiger partial charge in [-0.2, -0.15) is 5.10 Å². The lowest BCUT2D eigenvalue weighted by Crippen LogP contribution is -2.14. The van der Waals surface area contributed by atoms with E-state index in [1.165, 1.54) is 5.56 Å². The van der Waals surface area contributed by atoms with Gasteiger partial charge in [0.2, 0.25) is 0 Å². The van der Waals surface area contributed by atoms with Gasteiger partial charge in [-0.1, -0.05) is 17.7 Å². The Bertz CT molecular complexity index is 614. The second kappa shape index (κ2) is 5.26. The van der Waals surface area contributed by atoms with Crippen LogP contribution in [0.2, 0.25) is 0 Å². The lowest BCUT2D eigenvalue weighted by Gasteiger charge is -2.07. The summed E-state index contributed by atoms with van der Waals surface area (Å²) in [5, 5.41) is 7.18. The van der Waals surface area contributed by atoms with E-state index in [1.807, 2.05) is 56.6 Å². The van der Waals surface area contributed by atoms with E-state index in [4.69, 9.17) is 0 Å². The molecule has 0 atom stereocenters. The summed E-state index contributed by atoms with van der Waals surface area (Å²) in [5.74, 6) is -0.165. The minimum absolute atomic E-state index is 0.165. The van der Waals surface area contributed by atoms with E-state index >= 15 is 0 Å². The van der Waals surface area contributed by atoms with Gasteiger partial charge in [0.05, 0.1) is 0 Å². The monoisotopic (exact) mass is 257 g/mol. The van der Waals surface area contributed by atoms with Crippen LogP contribution in [0.5, 0.6) is 0 Å². The molecule has 1 aromatic carbocycles. The van der Waals surface area contributed by atoms with Crippen LogP contribution in [0.15, 0.2) is 24.3 Å².